The molecule has 0 saturated heterocycles. The maximum absolute atomic E-state index is 13.4. The molecule has 7 nitrogen and oxygen atoms in total. The molecule has 1 aromatic carbocycles. The number of nitrogens with zero attached hydrogens (tertiary/aromatic N) is 3. The number of ether oxygens (including phenoxy) is 1. The highest BCUT2D eigenvalue weighted by atomic mass is 16.5. The molecular formula is C25H31N3O4. The van der Waals surface area contributed by atoms with Gasteiger partial charge in [0.05, 0.1) is 26.5 Å². The van der Waals surface area contributed by atoms with Crippen LogP contribution in [0.1, 0.15) is 41.6 Å². The minimum Gasteiger partial charge on any atom is -0.497 e. The highest BCUT2D eigenvalue weighted by molar-refractivity contribution is 5.96. The Morgan fingerprint density at radius 1 is 1.06 bits per heavy atom. The second kappa shape index (κ2) is 11.2. The van der Waals surface area contributed by atoms with E-state index in [1.54, 1.807) is 53.5 Å². The van der Waals surface area contributed by atoms with Crippen molar-refractivity contribution in [1.29, 1.82) is 0 Å². The zero-order chi connectivity index (χ0) is 22.9. The van der Waals surface area contributed by atoms with Gasteiger partial charge >= 0.3 is 0 Å². The Kier molecular flexibility index (Phi) is 8.14. The summed E-state index contributed by atoms with van der Waals surface area (Å²) in [4.78, 5) is 30.0. The number of aryl methyl sites for hydroxylation is 1. The fraction of sp³-hybridized carbons (Fsp3) is 0.360. The number of unbranched alkanes of at least 4 members (excludes halogenated alkanes) is 1. The van der Waals surface area contributed by atoms with Crippen molar-refractivity contribution in [2.24, 2.45) is 7.05 Å². The Bertz CT molecular complexity index is 1010. The molecule has 0 bridgehead atoms. The number of benzene rings is 1. The summed E-state index contributed by atoms with van der Waals surface area (Å²) >= 11 is 0. The number of furan rings is 1. The van der Waals surface area contributed by atoms with Gasteiger partial charge in [-0.1, -0.05) is 19.4 Å². The van der Waals surface area contributed by atoms with Gasteiger partial charge in [0.1, 0.15) is 18.1 Å². The zero-order valence-electron chi connectivity index (χ0n) is 19.0. The molecule has 7 heteroatoms. The van der Waals surface area contributed by atoms with Crippen LogP contribution in [0.3, 0.4) is 0 Å². The lowest BCUT2D eigenvalue weighted by atomic mass is 10.1. The molecule has 0 saturated carbocycles. The molecule has 0 unspecified atom stereocenters. The number of rotatable bonds is 11. The third-order valence-electron chi connectivity index (χ3n) is 5.40. The average molecular weight is 438 g/mol. The van der Waals surface area contributed by atoms with Gasteiger partial charge in [-0.25, -0.2) is 0 Å². The quantitative estimate of drug-likeness (QED) is 0.453. The van der Waals surface area contributed by atoms with Gasteiger partial charge in [0.2, 0.25) is 5.91 Å². The van der Waals surface area contributed by atoms with Crippen molar-refractivity contribution < 1.29 is 18.7 Å². The Morgan fingerprint density at radius 3 is 2.56 bits per heavy atom. The summed E-state index contributed by atoms with van der Waals surface area (Å²) in [5.74, 6) is 1.00. The van der Waals surface area contributed by atoms with Crippen LogP contribution in [0.4, 0.5) is 0 Å². The van der Waals surface area contributed by atoms with Crippen molar-refractivity contribution >= 4 is 11.8 Å². The standard InChI is InChI=1S/C25H31N3O4/c1-4-5-14-27(25(30)20-9-6-11-22(16-20)31-3)19-24(29)28(18-23-12-8-15-32-23)17-21-10-7-13-26(21)2/h6-13,15-16H,4-5,14,17-19H2,1-3H3. The zero-order valence-corrected chi connectivity index (χ0v) is 19.0. The summed E-state index contributed by atoms with van der Waals surface area (Å²) in [5.41, 5.74) is 1.51. The largest absolute Gasteiger partial charge is 0.497 e. The molecule has 0 radical (unpaired) electrons. The lowest BCUT2D eigenvalue weighted by Crippen LogP contribution is -2.43. The van der Waals surface area contributed by atoms with Gasteiger partial charge in [-0.05, 0) is 48.9 Å². The van der Waals surface area contributed by atoms with E-state index in [4.69, 9.17) is 9.15 Å². The molecular weight excluding hydrogens is 406 g/mol. The van der Waals surface area contributed by atoms with Crippen molar-refractivity contribution in [2.45, 2.75) is 32.9 Å². The van der Waals surface area contributed by atoms with Crippen LogP contribution in [0.15, 0.2) is 65.4 Å². The summed E-state index contributed by atoms with van der Waals surface area (Å²) in [5, 5.41) is 0. The van der Waals surface area contributed by atoms with Crippen LogP contribution in [0.5, 0.6) is 5.75 Å². The van der Waals surface area contributed by atoms with E-state index in [9.17, 15) is 9.59 Å². The second-order valence-electron chi connectivity index (χ2n) is 7.75. The maximum Gasteiger partial charge on any atom is 0.254 e. The molecule has 0 atom stereocenters. The lowest BCUT2D eigenvalue weighted by Gasteiger charge is -2.27. The average Bonchev–Trinajstić information content (AvgIpc) is 3.47. The third kappa shape index (κ3) is 6.03. The van der Waals surface area contributed by atoms with E-state index >= 15 is 0 Å². The monoisotopic (exact) mass is 437 g/mol. The van der Waals surface area contributed by atoms with Gasteiger partial charge in [-0.15, -0.1) is 0 Å². The number of amides is 2. The minimum atomic E-state index is -0.178. The van der Waals surface area contributed by atoms with E-state index in [1.807, 2.05) is 36.0 Å². The molecule has 0 aliphatic rings. The van der Waals surface area contributed by atoms with E-state index in [2.05, 4.69) is 6.92 Å². The fourth-order valence-corrected chi connectivity index (χ4v) is 3.48. The van der Waals surface area contributed by atoms with Crippen LogP contribution in [0, 0.1) is 0 Å². The van der Waals surface area contributed by atoms with Crippen molar-refractivity contribution in [1.82, 2.24) is 14.4 Å². The topological polar surface area (TPSA) is 67.9 Å². The summed E-state index contributed by atoms with van der Waals surface area (Å²) in [6, 6.07) is 14.6. The first-order valence-corrected chi connectivity index (χ1v) is 10.9. The number of aromatic nitrogens is 1. The Labute approximate surface area is 189 Å². The lowest BCUT2D eigenvalue weighted by molar-refractivity contribution is -0.133. The van der Waals surface area contributed by atoms with E-state index < -0.39 is 0 Å². The molecule has 0 spiro atoms. The van der Waals surface area contributed by atoms with Crippen molar-refractivity contribution in [3.63, 3.8) is 0 Å². The number of hydrogen-bond acceptors (Lipinski definition) is 4. The van der Waals surface area contributed by atoms with Gasteiger partial charge < -0.3 is 23.5 Å². The van der Waals surface area contributed by atoms with Crippen LogP contribution >= 0.6 is 0 Å². The maximum atomic E-state index is 13.4. The Morgan fingerprint density at radius 2 is 1.91 bits per heavy atom. The highest BCUT2D eigenvalue weighted by Crippen LogP contribution is 2.16. The Balaban J connectivity index is 1.80. The van der Waals surface area contributed by atoms with E-state index in [0.717, 1.165) is 18.5 Å². The first-order chi connectivity index (χ1) is 15.5. The first-order valence-electron chi connectivity index (χ1n) is 10.9. The van der Waals surface area contributed by atoms with Crippen LogP contribution in [-0.4, -0.2) is 46.4 Å². The van der Waals surface area contributed by atoms with Gasteiger partial charge in [0.25, 0.3) is 5.91 Å². The van der Waals surface area contributed by atoms with Crippen LogP contribution < -0.4 is 4.74 Å². The summed E-state index contributed by atoms with van der Waals surface area (Å²) in [7, 11) is 3.52. The van der Waals surface area contributed by atoms with Crippen LogP contribution in [0.25, 0.3) is 0 Å². The number of carbonyl (C=O) groups excluding carboxylic acids is 2. The van der Waals surface area contributed by atoms with Crippen LogP contribution in [0.2, 0.25) is 0 Å². The summed E-state index contributed by atoms with van der Waals surface area (Å²) in [6.45, 7) is 3.34. The van der Waals surface area contributed by atoms with Gasteiger partial charge in [-0.2, -0.15) is 0 Å². The van der Waals surface area contributed by atoms with Gasteiger partial charge in [0, 0.05) is 31.0 Å². The smallest absolute Gasteiger partial charge is 0.254 e. The van der Waals surface area contributed by atoms with Crippen molar-refractivity contribution in [3.8, 4) is 5.75 Å². The molecule has 2 aromatic heterocycles. The molecule has 2 heterocycles. The molecule has 3 rings (SSSR count). The number of hydrogen-bond donors (Lipinski definition) is 0. The van der Waals surface area contributed by atoms with Crippen LogP contribution in [-0.2, 0) is 24.9 Å². The number of carbonyl (C=O) groups is 2. The fourth-order valence-electron chi connectivity index (χ4n) is 3.48. The molecule has 170 valence electrons. The van der Waals surface area contributed by atoms with E-state index in [0.29, 0.717) is 36.7 Å². The third-order valence-corrected chi connectivity index (χ3v) is 5.40. The molecule has 0 N–H and O–H groups in total. The number of methoxy groups -OCH3 is 1. The first kappa shape index (κ1) is 23.2. The summed E-state index contributed by atoms with van der Waals surface area (Å²) in [6.07, 6.45) is 5.29. The molecule has 0 aliphatic heterocycles. The second-order valence-corrected chi connectivity index (χ2v) is 7.75. The van der Waals surface area contributed by atoms with Gasteiger partial charge in [-0.3, -0.25) is 9.59 Å². The summed E-state index contributed by atoms with van der Waals surface area (Å²) < 4.78 is 12.7. The molecule has 3 aromatic rings. The van der Waals surface area contributed by atoms with Crippen molar-refractivity contribution in [2.75, 3.05) is 20.2 Å². The molecule has 32 heavy (non-hydrogen) atoms. The predicted octanol–water partition coefficient (Wildman–Crippen LogP) is 4.10. The minimum absolute atomic E-state index is 0.00117. The predicted molar refractivity (Wildman–Crippen MR) is 122 cm³/mol. The SMILES string of the molecule is CCCCN(CC(=O)N(Cc1ccco1)Cc1cccn1C)C(=O)c1cccc(OC)c1. The van der Waals surface area contributed by atoms with E-state index in [1.165, 1.54) is 0 Å². The normalized spacial score (nSPS) is 10.7. The van der Waals surface area contributed by atoms with Crippen molar-refractivity contribution in [3.05, 3.63) is 78.0 Å². The molecule has 0 fully saturated rings. The van der Waals surface area contributed by atoms with Gasteiger partial charge in [0.15, 0.2) is 0 Å². The highest BCUT2D eigenvalue weighted by Gasteiger charge is 2.24. The molecule has 0 aliphatic carbocycles. The van der Waals surface area contributed by atoms with E-state index in [-0.39, 0.29) is 18.4 Å². The molecule has 2 amide bonds. The Hall–Kier alpha value is -3.48.